The Morgan fingerprint density at radius 2 is 2.00 bits per heavy atom. The molecule has 0 saturated carbocycles. The van der Waals surface area contributed by atoms with E-state index in [9.17, 15) is 4.79 Å². The maximum Gasteiger partial charge on any atom is 0.333 e. The van der Waals surface area contributed by atoms with Gasteiger partial charge in [0.15, 0.2) is 0 Å². The maximum absolute atomic E-state index is 10.7. The maximum atomic E-state index is 10.7. The number of aliphatic carboxylic acids is 1. The summed E-state index contributed by atoms with van der Waals surface area (Å²) in [4.78, 5) is 19.7. The number of ether oxygens (including phenoxy) is 2. The predicted octanol–water partition coefficient (Wildman–Crippen LogP) is 0.595. The minimum absolute atomic E-state index is 0.142. The Bertz CT molecular complexity index is 225. The number of carboxylic acids is 1. The highest BCUT2D eigenvalue weighted by Gasteiger charge is 2.24. The van der Waals surface area contributed by atoms with Crippen molar-refractivity contribution in [1.29, 1.82) is 0 Å². The molecule has 0 aliphatic carbocycles. The number of carboxylic acid groups (broad SMARTS) is 1. The average molecular weight is 202 g/mol. The van der Waals surface area contributed by atoms with Gasteiger partial charge in [0.1, 0.15) is 12.7 Å². The van der Waals surface area contributed by atoms with Crippen LogP contribution in [-0.4, -0.2) is 36.4 Å². The van der Waals surface area contributed by atoms with Crippen molar-refractivity contribution in [1.82, 2.24) is 0 Å². The van der Waals surface area contributed by atoms with Crippen LogP contribution in [0.5, 0.6) is 0 Å². The second-order valence-electron chi connectivity index (χ2n) is 2.85. The van der Waals surface area contributed by atoms with Crippen LogP contribution in [0.25, 0.3) is 0 Å². The Morgan fingerprint density at radius 3 is 2.29 bits per heavy atom. The summed E-state index contributed by atoms with van der Waals surface area (Å²) < 4.78 is 9.60. The van der Waals surface area contributed by atoms with Crippen molar-refractivity contribution in [2.45, 2.75) is 20.0 Å². The van der Waals surface area contributed by atoms with E-state index in [1.165, 1.54) is 0 Å². The first kappa shape index (κ1) is 12.6. The van der Waals surface area contributed by atoms with Gasteiger partial charge in [-0.25, -0.2) is 4.79 Å². The summed E-state index contributed by atoms with van der Waals surface area (Å²) in [7, 11) is 0. The Morgan fingerprint density at radius 1 is 1.57 bits per heavy atom. The molecule has 5 nitrogen and oxygen atoms in total. The topological polar surface area (TPSA) is 76.1 Å². The van der Waals surface area contributed by atoms with Gasteiger partial charge in [-0.15, -0.1) is 0 Å². The molecule has 1 heterocycles. The summed E-state index contributed by atoms with van der Waals surface area (Å²) in [5.74, 6) is -1.17. The van der Waals surface area contributed by atoms with Crippen LogP contribution in [0.3, 0.4) is 0 Å². The van der Waals surface area contributed by atoms with Gasteiger partial charge in [0.25, 0.3) is 5.97 Å². The lowest BCUT2D eigenvalue weighted by atomic mass is 10.4. The van der Waals surface area contributed by atoms with Crippen molar-refractivity contribution in [2.75, 3.05) is 13.2 Å². The largest absolute Gasteiger partial charge is 0.481 e. The van der Waals surface area contributed by atoms with Crippen LogP contribution < -0.4 is 0 Å². The summed E-state index contributed by atoms with van der Waals surface area (Å²) >= 11 is 0. The van der Waals surface area contributed by atoms with E-state index in [1.807, 2.05) is 0 Å². The van der Waals surface area contributed by atoms with E-state index in [1.54, 1.807) is 6.92 Å². The molecule has 0 radical (unpaired) electrons. The van der Waals surface area contributed by atoms with Gasteiger partial charge in [-0.1, -0.05) is 6.58 Å². The van der Waals surface area contributed by atoms with Gasteiger partial charge in [0, 0.05) is 12.5 Å². The minimum atomic E-state index is -0.833. The fraction of sp³-hybridized carbons (Fsp3) is 0.556. The molecule has 1 aliphatic heterocycles. The highest BCUT2D eigenvalue weighted by atomic mass is 16.6. The van der Waals surface area contributed by atoms with Gasteiger partial charge < -0.3 is 14.6 Å². The van der Waals surface area contributed by atoms with E-state index in [-0.39, 0.29) is 12.1 Å². The molecular formula is C9H14O5. The Hall–Kier alpha value is -1.36. The lowest BCUT2D eigenvalue weighted by Crippen LogP contribution is -2.09. The van der Waals surface area contributed by atoms with Crippen LogP contribution in [0.2, 0.25) is 0 Å². The zero-order chi connectivity index (χ0) is 11.1. The fourth-order valence-electron chi connectivity index (χ4n) is 0.456. The van der Waals surface area contributed by atoms with Crippen LogP contribution in [0.4, 0.5) is 0 Å². The number of hydrogen-bond acceptors (Lipinski definition) is 4. The molecule has 0 amide bonds. The van der Waals surface area contributed by atoms with Crippen molar-refractivity contribution < 1.29 is 24.2 Å². The highest BCUT2D eigenvalue weighted by Crippen LogP contribution is 2.09. The van der Waals surface area contributed by atoms with E-state index >= 15 is 0 Å². The smallest absolute Gasteiger partial charge is 0.333 e. The zero-order valence-corrected chi connectivity index (χ0v) is 8.28. The molecule has 5 heteroatoms. The summed E-state index contributed by atoms with van der Waals surface area (Å²) in [6, 6.07) is 0. The standard InChI is InChI=1S/C7H10O3.C2H4O2/c1-5(2)7(8)10-4-6-3-9-6;1-2(3)4/h6H,1,3-4H2,2H3;1H3,(H,3,4). The molecule has 14 heavy (non-hydrogen) atoms. The lowest BCUT2D eigenvalue weighted by Gasteiger charge is -1.99. The van der Waals surface area contributed by atoms with Gasteiger partial charge in [-0.05, 0) is 6.92 Å². The minimum Gasteiger partial charge on any atom is -0.481 e. The number of carbonyl (C=O) groups is 2. The summed E-state index contributed by atoms with van der Waals surface area (Å²) in [6.07, 6.45) is 0.142. The highest BCUT2D eigenvalue weighted by molar-refractivity contribution is 5.86. The Kier molecular flexibility index (Phi) is 5.55. The van der Waals surface area contributed by atoms with Crippen LogP contribution in [0.15, 0.2) is 12.2 Å². The molecule has 0 aromatic heterocycles. The first-order chi connectivity index (χ1) is 6.43. The Labute approximate surface area is 82.3 Å². The number of esters is 1. The van der Waals surface area contributed by atoms with Crippen LogP contribution >= 0.6 is 0 Å². The molecule has 1 N–H and O–H groups in total. The summed E-state index contributed by atoms with van der Waals surface area (Å²) in [5, 5.41) is 7.42. The molecule has 1 fully saturated rings. The number of epoxide rings is 1. The first-order valence-corrected chi connectivity index (χ1v) is 4.07. The molecule has 1 rings (SSSR count). The van der Waals surface area contributed by atoms with Gasteiger partial charge in [0.2, 0.25) is 0 Å². The van der Waals surface area contributed by atoms with Crippen LogP contribution in [-0.2, 0) is 19.1 Å². The fourth-order valence-corrected chi connectivity index (χ4v) is 0.456. The molecule has 1 aliphatic rings. The molecule has 0 bridgehead atoms. The third-order valence-corrected chi connectivity index (χ3v) is 1.15. The van der Waals surface area contributed by atoms with E-state index in [4.69, 9.17) is 19.4 Å². The van der Waals surface area contributed by atoms with Gasteiger partial charge in [-0.3, -0.25) is 4.79 Å². The van der Waals surface area contributed by atoms with E-state index in [0.717, 1.165) is 6.92 Å². The normalized spacial score (nSPS) is 17.4. The first-order valence-electron chi connectivity index (χ1n) is 4.07. The molecule has 1 saturated heterocycles. The van der Waals surface area contributed by atoms with Crippen LogP contribution in [0.1, 0.15) is 13.8 Å². The van der Waals surface area contributed by atoms with Crippen molar-refractivity contribution >= 4 is 11.9 Å². The van der Waals surface area contributed by atoms with E-state index < -0.39 is 5.97 Å². The third-order valence-electron chi connectivity index (χ3n) is 1.15. The average Bonchev–Trinajstić information content (AvgIpc) is 2.81. The van der Waals surface area contributed by atoms with Gasteiger partial charge in [-0.2, -0.15) is 0 Å². The zero-order valence-electron chi connectivity index (χ0n) is 8.28. The Balaban J connectivity index is 0.000000364. The van der Waals surface area contributed by atoms with Crippen molar-refractivity contribution in [3.05, 3.63) is 12.2 Å². The second-order valence-corrected chi connectivity index (χ2v) is 2.85. The van der Waals surface area contributed by atoms with Crippen molar-refractivity contribution in [3.8, 4) is 0 Å². The number of carbonyl (C=O) groups excluding carboxylic acids is 1. The molecular weight excluding hydrogens is 188 g/mol. The van der Waals surface area contributed by atoms with Crippen LogP contribution in [0, 0.1) is 0 Å². The number of rotatable bonds is 3. The van der Waals surface area contributed by atoms with E-state index in [2.05, 4.69) is 6.58 Å². The van der Waals surface area contributed by atoms with Gasteiger partial charge >= 0.3 is 5.97 Å². The molecule has 0 aromatic rings. The molecule has 0 aromatic carbocycles. The second kappa shape index (κ2) is 6.15. The molecule has 1 unspecified atom stereocenters. The quantitative estimate of drug-likeness (QED) is 0.412. The molecule has 1 atom stereocenters. The number of hydrogen-bond donors (Lipinski definition) is 1. The third kappa shape index (κ3) is 8.73. The van der Waals surface area contributed by atoms with Crippen molar-refractivity contribution in [2.24, 2.45) is 0 Å². The van der Waals surface area contributed by atoms with Crippen molar-refractivity contribution in [3.63, 3.8) is 0 Å². The van der Waals surface area contributed by atoms with Gasteiger partial charge in [0.05, 0.1) is 6.61 Å². The monoisotopic (exact) mass is 202 g/mol. The van der Waals surface area contributed by atoms with E-state index in [0.29, 0.717) is 18.8 Å². The molecule has 80 valence electrons. The molecule has 0 spiro atoms. The summed E-state index contributed by atoms with van der Waals surface area (Å²) in [6.45, 7) is 7.22. The summed E-state index contributed by atoms with van der Waals surface area (Å²) in [5.41, 5.74) is 0.431. The SMILES string of the molecule is C=C(C)C(=O)OCC1CO1.CC(=O)O. The lowest BCUT2D eigenvalue weighted by molar-refractivity contribution is -0.139. The predicted molar refractivity (Wildman–Crippen MR) is 48.8 cm³/mol.